The van der Waals surface area contributed by atoms with Gasteiger partial charge in [0.1, 0.15) is 5.69 Å². The Kier molecular flexibility index (Phi) is 3.43. The van der Waals surface area contributed by atoms with Gasteiger partial charge in [0.25, 0.3) is 11.5 Å². The first-order valence-corrected chi connectivity index (χ1v) is 5.57. The molecule has 0 aliphatic carbocycles. The van der Waals surface area contributed by atoms with Crippen molar-refractivity contribution in [2.24, 2.45) is 0 Å². The van der Waals surface area contributed by atoms with Crippen LogP contribution in [-0.2, 0) is 0 Å². The number of nitrogens with zero attached hydrogens (tertiary/aromatic N) is 1. The van der Waals surface area contributed by atoms with Gasteiger partial charge in [-0.15, -0.1) is 0 Å². The minimum Gasteiger partial charge on any atom is -0.319 e. The van der Waals surface area contributed by atoms with E-state index in [2.05, 4.69) is 15.5 Å². The Hall–Kier alpha value is -2.14. The molecule has 0 aliphatic heterocycles. The molecule has 0 spiro atoms. The van der Waals surface area contributed by atoms with Gasteiger partial charge in [-0.3, -0.25) is 9.59 Å². The topological polar surface area (TPSA) is 74.8 Å². The Balaban J connectivity index is 2.23. The number of rotatable bonds is 2. The summed E-state index contributed by atoms with van der Waals surface area (Å²) < 4.78 is 0. The zero-order chi connectivity index (χ0) is 13.1. The zero-order valence-electron chi connectivity index (χ0n) is 9.53. The maximum atomic E-state index is 11.8. The van der Waals surface area contributed by atoms with Gasteiger partial charge in [0.05, 0.1) is 10.7 Å². The van der Waals surface area contributed by atoms with E-state index in [1.165, 1.54) is 12.1 Å². The van der Waals surface area contributed by atoms with Gasteiger partial charge in [-0.25, -0.2) is 5.10 Å². The van der Waals surface area contributed by atoms with Crippen LogP contribution >= 0.6 is 11.6 Å². The number of carbonyl (C=O) groups is 1. The Labute approximate surface area is 108 Å². The number of amides is 1. The normalized spacial score (nSPS) is 10.1. The third-order valence-electron chi connectivity index (χ3n) is 2.28. The number of hydrogen-bond donors (Lipinski definition) is 2. The predicted octanol–water partition coefficient (Wildman–Crippen LogP) is 1.98. The van der Waals surface area contributed by atoms with E-state index in [0.29, 0.717) is 10.7 Å². The van der Waals surface area contributed by atoms with Crippen molar-refractivity contribution >= 4 is 23.2 Å². The lowest BCUT2D eigenvalue weighted by atomic mass is 10.2. The van der Waals surface area contributed by atoms with Gasteiger partial charge >= 0.3 is 0 Å². The van der Waals surface area contributed by atoms with Crippen molar-refractivity contribution in [2.75, 3.05) is 5.32 Å². The molecule has 2 aromatic rings. The molecular formula is C12H10ClN3O2. The molecule has 92 valence electrons. The molecule has 1 aromatic carbocycles. The molecule has 0 unspecified atom stereocenters. The molecule has 2 N–H and O–H groups in total. The number of halogens is 1. The summed E-state index contributed by atoms with van der Waals surface area (Å²) in [7, 11) is 0. The highest BCUT2D eigenvalue weighted by molar-refractivity contribution is 6.33. The number of carbonyl (C=O) groups excluding carboxylic acids is 1. The Bertz CT molecular complexity index is 632. The third kappa shape index (κ3) is 2.75. The quantitative estimate of drug-likeness (QED) is 0.870. The fourth-order valence-corrected chi connectivity index (χ4v) is 1.56. The van der Waals surface area contributed by atoms with Gasteiger partial charge in [0.2, 0.25) is 0 Å². The number of hydrogen-bond acceptors (Lipinski definition) is 3. The smallest absolute Gasteiger partial charge is 0.276 e. The molecule has 1 heterocycles. The maximum Gasteiger partial charge on any atom is 0.276 e. The van der Waals surface area contributed by atoms with Crippen LogP contribution < -0.4 is 10.9 Å². The standard InChI is InChI=1S/C12H10ClN3O2/c1-7-2-3-8(13)10(6-7)14-12(18)9-4-5-11(17)16-15-9/h2-6H,1H3,(H,14,18)(H,16,17). The summed E-state index contributed by atoms with van der Waals surface area (Å²) >= 11 is 5.96. The molecule has 2 rings (SSSR count). The van der Waals surface area contributed by atoms with E-state index >= 15 is 0 Å². The number of nitrogens with one attached hydrogen (secondary N) is 2. The van der Waals surface area contributed by atoms with Crippen LogP contribution in [0.15, 0.2) is 35.1 Å². The molecule has 0 saturated carbocycles. The van der Waals surface area contributed by atoms with Crippen LogP contribution in [0.25, 0.3) is 0 Å². The molecule has 6 heteroatoms. The van der Waals surface area contributed by atoms with Gasteiger partial charge < -0.3 is 5.32 Å². The van der Waals surface area contributed by atoms with Gasteiger partial charge in [-0.1, -0.05) is 17.7 Å². The fourth-order valence-electron chi connectivity index (χ4n) is 1.39. The summed E-state index contributed by atoms with van der Waals surface area (Å²) in [5.74, 6) is -0.432. The van der Waals surface area contributed by atoms with Gasteiger partial charge in [0.15, 0.2) is 0 Å². The third-order valence-corrected chi connectivity index (χ3v) is 2.61. The SMILES string of the molecule is Cc1ccc(Cl)c(NC(=O)c2ccc(=O)[nH]n2)c1. The summed E-state index contributed by atoms with van der Waals surface area (Å²) in [5, 5.41) is 8.90. The van der Waals surface area contributed by atoms with Crippen molar-refractivity contribution in [3.8, 4) is 0 Å². The Morgan fingerprint density at radius 2 is 2.11 bits per heavy atom. The summed E-state index contributed by atoms with van der Waals surface area (Å²) in [6.45, 7) is 1.89. The first-order valence-electron chi connectivity index (χ1n) is 5.19. The monoisotopic (exact) mass is 263 g/mol. The van der Waals surface area contributed by atoms with E-state index < -0.39 is 5.91 Å². The highest BCUT2D eigenvalue weighted by Gasteiger charge is 2.10. The zero-order valence-corrected chi connectivity index (χ0v) is 10.3. The maximum absolute atomic E-state index is 11.8. The number of aromatic amines is 1. The first kappa shape index (κ1) is 12.3. The van der Waals surface area contributed by atoms with Crippen molar-refractivity contribution in [3.05, 3.63) is 57.0 Å². The van der Waals surface area contributed by atoms with E-state index in [-0.39, 0.29) is 11.3 Å². The van der Waals surface area contributed by atoms with Crippen molar-refractivity contribution in [3.63, 3.8) is 0 Å². The summed E-state index contributed by atoms with van der Waals surface area (Å²) in [5.41, 5.74) is 1.24. The van der Waals surface area contributed by atoms with E-state index in [1.807, 2.05) is 13.0 Å². The molecule has 0 fully saturated rings. The molecule has 0 aliphatic rings. The highest BCUT2D eigenvalue weighted by atomic mass is 35.5. The van der Waals surface area contributed by atoms with Crippen LogP contribution in [0.2, 0.25) is 5.02 Å². The average Bonchev–Trinajstić information content (AvgIpc) is 2.34. The number of anilines is 1. The molecule has 1 amide bonds. The Morgan fingerprint density at radius 3 is 2.78 bits per heavy atom. The van der Waals surface area contributed by atoms with Crippen molar-refractivity contribution in [1.29, 1.82) is 0 Å². The molecule has 0 saturated heterocycles. The molecule has 5 nitrogen and oxygen atoms in total. The second kappa shape index (κ2) is 5.01. The van der Waals surface area contributed by atoms with E-state index in [4.69, 9.17) is 11.6 Å². The number of H-pyrrole nitrogens is 1. The molecule has 0 bridgehead atoms. The van der Waals surface area contributed by atoms with Crippen molar-refractivity contribution in [1.82, 2.24) is 10.2 Å². The van der Waals surface area contributed by atoms with E-state index in [9.17, 15) is 9.59 Å². The van der Waals surface area contributed by atoms with Crippen LogP contribution in [0.4, 0.5) is 5.69 Å². The van der Waals surface area contributed by atoms with Crippen molar-refractivity contribution in [2.45, 2.75) is 6.92 Å². The summed E-state index contributed by atoms with van der Waals surface area (Å²) in [6.07, 6.45) is 0. The van der Waals surface area contributed by atoms with Crippen LogP contribution in [0, 0.1) is 6.92 Å². The second-order valence-electron chi connectivity index (χ2n) is 3.74. The second-order valence-corrected chi connectivity index (χ2v) is 4.15. The van der Waals surface area contributed by atoms with Crippen LogP contribution in [0.5, 0.6) is 0 Å². The van der Waals surface area contributed by atoms with Gasteiger partial charge in [-0.2, -0.15) is 5.10 Å². The molecule has 1 aromatic heterocycles. The minimum absolute atomic E-state index is 0.118. The lowest BCUT2D eigenvalue weighted by molar-refractivity contribution is 0.102. The lowest BCUT2D eigenvalue weighted by Crippen LogP contribution is -2.17. The predicted molar refractivity (Wildman–Crippen MR) is 69.0 cm³/mol. The van der Waals surface area contributed by atoms with Gasteiger partial charge in [-0.05, 0) is 30.7 Å². The van der Waals surface area contributed by atoms with Crippen LogP contribution in [0.3, 0.4) is 0 Å². The molecule has 18 heavy (non-hydrogen) atoms. The van der Waals surface area contributed by atoms with Crippen molar-refractivity contribution < 1.29 is 4.79 Å². The highest BCUT2D eigenvalue weighted by Crippen LogP contribution is 2.22. The lowest BCUT2D eigenvalue weighted by Gasteiger charge is -2.07. The number of benzene rings is 1. The summed E-state index contributed by atoms with van der Waals surface area (Å²) in [4.78, 5) is 22.7. The fraction of sp³-hybridized carbons (Fsp3) is 0.0833. The summed E-state index contributed by atoms with van der Waals surface area (Å²) in [6, 6.07) is 7.88. The average molecular weight is 264 g/mol. The largest absolute Gasteiger partial charge is 0.319 e. The van der Waals surface area contributed by atoms with Gasteiger partial charge in [0, 0.05) is 6.07 Å². The minimum atomic E-state index is -0.432. The number of aryl methyl sites for hydroxylation is 1. The van der Waals surface area contributed by atoms with Crippen LogP contribution in [0.1, 0.15) is 16.1 Å². The number of aromatic nitrogens is 2. The van der Waals surface area contributed by atoms with E-state index in [0.717, 1.165) is 5.56 Å². The van der Waals surface area contributed by atoms with Crippen LogP contribution in [-0.4, -0.2) is 16.1 Å². The molecule has 0 radical (unpaired) electrons. The Morgan fingerprint density at radius 1 is 1.33 bits per heavy atom. The van der Waals surface area contributed by atoms with E-state index in [1.54, 1.807) is 12.1 Å². The molecule has 0 atom stereocenters. The first-order chi connectivity index (χ1) is 8.56. The molecular weight excluding hydrogens is 254 g/mol.